The van der Waals surface area contributed by atoms with E-state index < -0.39 is 0 Å². The van der Waals surface area contributed by atoms with E-state index in [1.54, 1.807) is 12.4 Å². The molecule has 24 heavy (non-hydrogen) atoms. The van der Waals surface area contributed by atoms with Gasteiger partial charge in [-0.05, 0) is 19.4 Å². The van der Waals surface area contributed by atoms with Crippen LogP contribution in [0.25, 0.3) is 0 Å². The van der Waals surface area contributed by atoms with Crippen LogP contribution in [0.3, 0.4) is 0 Å². The summed E-state index contributed by atoms with van der Waals surface area (Å²) in [5.41, 5.74) is 2.14. The fraction of sp³-hybridized carbons (Fsp3) is 0.529. The maximum absolute atomic E-state index is 4.40. The van der Waals surface area contributed by atoms with Crippen LogP contribution in [0.1, 0.15) is 19.0 Å². The first-order chi connectivity index (χ1) is 11.7. The summed E-state index contributed by atoms with van der Waals surface area (Å²) < 4.78 is 0. The number of rotatable bonds is 5. The Balaban J connectivity index is 1.69. The molecule has 0 amide bonds. The average Bonchev–Trinajstić information content (AvgIpc) is 2.63. The molecule has 1 fully saturated rings. The lowest BCUT2D eigenvalue weighted by atomic mass is 10.2. The van der Waals surface area contributed by atoms with Gasteiger partial charge in [0.2, 0.25) is 5.95 Å². The van der Waals surface area contributed by atoms with Crippen LogP contribution >= 0.6 is 0 Å². The molecule has 7 nitrogen and oxygen atoms in total. The van der Waals surface area contributed by atoms with E-state index >= 15 is 0 Å². The predicted octanol–water partition coefficient (Wildman–Crippen LogP) is 1.75. The van der Waals surface area contributed by atoms with Gasteiger partial charge in [0.05, 0.1) is 11.4 Å². The van der Waals surface area contributed by atoms with Crippen molar-refractivity contribution >= 4 is 17.5 Å². The molecule has 0 N–H and O–H groups in total. The van der Waals surface area contributed by atoms with Crippen molar-refractivity contribution < 1.29 is 0 Å². The summed E-state index contributed by atoms with van der Waals surface area (Å²) in [6, 6.07) is 4.00. The van der Waals surface area contributed by atoms with Crippen molar-refractivity contribution in [3.05, 3.63) is 30.2 Å². The highest BCUT2D eigenvalue weighted by molar-refractivity contribution is 5.57. The highest BCUT2D eigenvalue weighted by atomic mass is 15.3. The molecule has 1 saturated heterocycles. The van der Waals surface area contributed by atoms with E-state index in [1.807, 2.05) is 13.0 Å². The molecular weight excluding hydrogens is 302 g/mol. The number of aromatic nitrogens is 4. The number of hydrogen-bond acceptors (Lipinski definition) is 7. The summed E-state index contributed by atoms with van der Waals surface area (Å²) in [5.74, 6) is 1.75. The Morgan fingerprint density at radius 3 is 2.38 bits per heavy atom. The minimum atomic E-state index is 0.801. The van der Waals surface area contributed by atoms with E-state index in [1.165, 1.54) is 0 Å². The highest BCUT2D eigenvalue weighted by Crippen LogP contribution is 2.23. The van der Waals surface area contributed by atoms with Gasteiger partial charge >= 0.3 is 0 Å². The molecule has 128 valence electrons. The van der Waals surface area contributed by atoms with Crippen LogP contribution in [0.15, 0.2) is 24.5 Å². The number of piperazine rings is 1. The van der Waals surface area contributed by atoms with Crippen molar-refractivity contribution in [2.45, 2.75) is 20.3 Å². The summed E-state index contributed by atoms with van der Waals surface area (Å²) in [4.78, 5) is 15.4. The van der Waals surface area contributed by atoms with Gasteiger partial charge in [0.25, 0.3) is 0 Å². The Kier molecular flexibility index (Phi) is 5.08. The summed E-state index contributed by atoms with van der Waals surface area (Å²) in [6.45, 7) is 8.79. The maximum atomic E-state index is 4.40. The standard InChI is InChI=1S/C17H25N7/c1-4-8-22(3)15-13-16(21-20-14(15)2)23-9-11-24(12-10-23)17-18-6-5-7-19-17/h5-7,13H,4,8-12H2,1-3H3. The number of anilines is 3. The second-order valence-corrected chi connectivity index (χ2v) is 6.12. The molecule has 2 aromatic rings. The second-order valence-electron chi connectivity index (χ2n) is 6.12. The zero-order chi connectivity index (χ0) is 16.9. The molecule has 0 saturated carbocycles. The Hall–Kier alpha value is -2.44. The van der Waals surface area contributed by atoms with Crippen LogP contribution in [-0.2, 0) is 0 Å². The molecular formula is C17H25N7. The van der Waals surface area contributed by atoms with Gasteiger partial charge in [0.15, 0.2) is 5.82 Å². The van der Waals surface area contributed by atoms with E-state index in [9.17, 15) is 0 Å². The van der Waals surface area contributed by atoms with Crippen molar-refractivity contribution in [3.63, 3.8) is 0 Å². The number of aryl methyl sites for hydroxylation is 1. The zero-order valence-corrected chi connectivity index (χ0v) is 14.7. The van der Waals surface area contributed by atoms with Gasteiger partial charge in [-0.1, -0.05) is 6.92 Å². The Morgan fingerprint density at radius 2 is 1.71 bits per heavy atom. The smallest absolute Gasteiger partial charge is 0.225 e. The maximum Gasteiger partial charge on any atom is 0.225 e. The Bertz CT molecular complexity index is 653. The molecule has 3 heterocycles. The number of nitrogens with zero attached hydrogens (tertiary/aromatic N) is 7. The lowest BCUT2D eigenvalue weighted by molar-refractivity contribution is 0.630. The molecule has 0 atom stereocenters. The third-order valence-electron chi connectivity index (χ3n) is 4.35. The van der Waals surface area contributed by atoms with Gasteiger partial charge in [0, 0.05) is 58.2 Å². The molecule has 1 aliphatic rings. The molecule has 2 aromatic heterocycles. The van der Waals surface area contributed by atoms with Crippen molar-refractivity contribution in [1.82, 2.24) is 20.2 Å². The van der Waals surface area contributed by atoms with Crippen molar-refractivity contribution in [1.29, 1.82) is 0 Å². The SMILES string of the molecule is CCCN(C)c1cc(N2CCN(c3ncccn3)CC2)nnc1C. The summed E-state index contributed by atoms with van der Waals surface area (Å²) in [5, 5.41) is 8.77. The fourth-order valence-electron chi connectivity index (χ4n) is 3.02. The van der Waals surface area contributed by atoms with Gasteiger partial charge < -0.3 is 14.7 Å². The van der Waals surface area contributed by atoms with Crippen LogP contribution in [0, 0.1) is 6.92 Å². The van der Waals surface area contributed by atoms with E-state index in [0.29, 0.717) is 0 Å². The molecule has 1 aliphatic heterocycles. The molecule has 0 aromatic carbocycles. The molecule has 3 rings (SSSR count). The van der Waals surface area contributed by atoms with Crippen LogP contribution in [0.5, 0.6) is 0 Å². The first kappa shape index (κ1) is 16.4. The minimum Gasteiger partial charge on any atom is -0.373 e. The van der Waals surface area contributed by atoms with Gasteiger partial charge in [-0.15, -0.1) is 5.10 Å². The Morgan fingerprint density at radius 1 is 1.04 bits per heavy atom. The van der Waals surface area contributed by atoms with E-state index in [2.05, 4.69) is 54.9 Å². The molecule has 0 unspecified atom stereocenters. The van der Waals surface area contributed by atoms with Crippen LogP contribution in [-0.4, -0.2) is 59.9 Å². The summed E-state index contributed by atoms with van der Waals surface area (Å²) >= 11 is 0. The quantitative estimate of drug-likeness (QED) is 0.829. The molecule has 7 heteroatoms. The third kappa shape index (κ3) is 3.55. The molecule has 0 spiro atoms. The van der Waals surface area contributed by atoms with Crippen molar-refractivity contribution in [3.8, 4) is 0 Å². The minimum absolute atomic E-state index is 0.801. The normalized spacial score (nSPS) is 14.8. The summed E-state index contributed by atoms with van der Waals surface area (Å²) in [6.07, 6.45) is 4.69. The fourth-order valence-corrected chi connectivity index (χ4v) is 3.02. The number of hydrogen-bond donors (Lipinski definition) is 0. The van der Waals surface area contributed by atoms with E-state index in [4.69, 9.17) is 0 Å². The first-order valence-corrected chi connectivity index (χ1v) is 8.51. The topological polar surface area (TPSA) is 61.3 Å². The van der Waals surface area contributed by atoms with Crippen molar-refractivity contribution in [2.24, 2.45) is 0 Å². The predicted molar refractivity (Wildman–Crippen MR) is 96.8 cm³/mol. The zero-order valence-electron chi connectivity index (χ0n) is 14.7. The highest BCUT2D eigenvalue weighted by Gasteiger charge is 2.21. The lowest BCUT2D eigenvalue weighted by Gasteiger charge is -2.35. The monoisotopic (exact) mass is 327 g/mol. The van der Waals surface area contributed by atoms with E-state index in [0.717, 1.165) is 62.3 Å². The Labute approximate surface area is 143 Å². The third-order valence-corrected chi connectivity index (χ3v) is 4.35. The van der Waals surface area contributed by atoms with E-state index in [-0.39, 0.29) is 0 Å². The van der Waals surface area contributed by atoms with Crippen LogP contribution < -0.4 is 14.7 Å². The molecule has 0 aliphatic carbocycles. The van der Waals surface area contributed by atoms with Crippen LogP contribution in [0.4, 0.5) is 17.5 Å². The van der Waals surface area contributed by atoms with Gasteiger partial charge in [-0.3, -0.25) is 0 Å². The lowest BCUT2D eigenvalue weighted by Crippen LogP contribution is -2.47. The van der Waals surface area contributed by atoms with Gasteiger partial charge in [0.1, 0.15) is 0 Å². The van der Waals surface area contributed by atoms with Gasteiger partial charge in [-0.2, -0.15) is 5.10 Å². The average molecular weight is 327 g/mol. The second kappa shape index (κ2) is 7.42. The first-order valence-electron chi connectivity index (χ1n) is 8.51. The largest absolute Gasteiger partial charge is 0.373 e. The molecule has 0 radical (unpaired) electrons. The molecule has 0 bridgehead atoms. The summed E-state index contributed by atoms with van der Waals surface area (Å²) in [7, 11) is 2.11. The van der Waals surface area contributed by atoms with Crippen LogP contribution in [0.2, 0.25) is 0 Å². The van der Waals surface area contributed by atoms with Crippen molar-refractivity contribution in [2.75, 3.05) is 54.5 Å². The van der Waals surface area contributed by atoms with Gasteiger partial charge in [-0.25, -0.2) is 9.97 Å².